The second kappa shape index (κ2) is 4.50. The van der Waals surface area contributed by atoms with Gasteiger partial charge >= 0.3 is 0 Å². The fourth-order valence-corrected chi connectivity index (χ4v) is 2.90. The quantitative estimate of drug-likeness (QED) is 0.873. The van der Waals surface area contributed by atoms with E-state index in [-0.39, 0.29) is 0 Å². The zero-order valence-corrected chi connectivity index (χ0v) is 10.4. The fraction of sp³-hybridized carbons (Fsp3) is 0.417. The predicted molar refractivity (Wildman–Crippen MR) is 71.0 cm³/mol. The molecule has 5 heteroatoms. The smallest absolute Gasteiger partial charge is 0.122 e. The zero-order chi connectivity index (χ0) is 11.7. The van der Waals surface area contributed by atoms with Gasteiger partial charge in [0.2, 0.25) is 0 Å². The van der Waals surface area contributed by atoms with Crippen LogP contribution in [0.5, 0.6) is 0 Å². The molecule has 2 aromatic rings. The summed E-state index contributed by atoms with van der Waals surface area (Å²) in [4.78, 5) is 0. The summed E-state index contributed by atoms with van der Waals surface area (Å²) in [5, 5.41) is 12.2. The largest absolute Gasteiger partial charge is 0.384 e. The van der Waals surface area contributed by atoms with Crippen LogP contribution in [-0.4, -0.2) is 22.4 Å². The molecule has 1 fully saturated rings. The first kappa shape index (κ1) is 10.8. The molecule has 3 N–H and O–H groups in total. The van der Waals surface area contributed by atoms with Crippen LogP contribution in [0, 0.1) is 0 Å². The van der Waals surface area contributed by atoms with Gasteiger partial charge in [0.15, 0.2) is 0 Å². The van der Waals surface area contributed by atoms with Gasteiger partial charge in [-0.05, 0) is 30.8 Å². The number of thiophene rings is 1. The highest BCUT2D eigenvalue weighted by molar-refractivity contribution is 7.08. The summed E-state index contributed by atoms with van der Waals surface area (Å²) >= 11 is 1.68. The van der Waals surface area contributed by atoms with Crippen LogP contribution in [0.4, 0.5) is 5.82 Å². The van der Waals surface area contributed by atoms with Gasteiger partial charge in [-0.15, -0.1) is 0 Å². The normalized spacial score (nSPS) is 19.9. The molecule has 1 aliphatic rings. The maximum absolute atomic E-state index is 6.00. The van der Waals surface area contributed by atoms with Crippen molar-refractivity contribution in [2.75, 3.05) is 12.3 Å². The highest BCUT2D eigenvalue weighted by Gasteiger charge is 2.16. The van der Waals surface area contributed by atoms with E-state index in [2.05, 4.69) is 27.2 Å². The average molecular weight is 248 g/mol. The molecule has 2 aromatic heterocycles. The van der Waals surface area contributed by atoms with Gasteiger partial charge in [0, 0.05) is 23.1 Å². The molecule has 0 aliphatic carbocycles. The number of nitrogen functional groups attached to an aromatic ring is 1. The van der Waals surface area contributed by atoms with Gasteiger partial charge < -0.3 is 11.1 Å². The molecule has 3 heterocycles. The lowest BCUT2D eigenvalue weighted by molar-refractivity contribution is 0.481. The van der Waals surface area contributed by atoms with E-state index in [0.29, 0.717) is 6.04 Å². The van der Waals surface area contributed by atoms with Crippen LogP contribution in [-0.2, 0) is 6.54 Å². The van der Waals surface area contributed by atoms with Crippen LogP contribution in [0.1, 0.15) is 12.8 Å². The summed E-state index contributed by atoms with van der Waals surface area (Å²) in [6.07, 6.45) is 2.47. The maximum atomic E-state index is 6.00. The Morgan fingerprint density at radius 3 is 3.24 bits per heavy atom. The number of nitrogens with zero attached hydrogens (tertiary/aromatic N) is 2. The second-order valence-corrected chi connectivity index (χ2v) is 5.22. The first-order chi connectivity index (χ1) is 8.33. The summed E-state index contributed by atoms with van der Waals surface area (Å²) < 4.78 is 1.91. The number of nitrogens with one attached hydrogen (secondary N) is 1. The van der Waals surface area contributed by atoms with Crippen molar-refractivity contribution in [3.8, 4) is 11.3 Å². The van der Waals surface area contributed by atoms with Crippen LogP contribution in [0.2, 0.25) is 0 Å². The van der Waals surface area contributed by atoms with Crippen molar-refractivity contribution >= 4 is 17.2 Å². The minimum atomic E-state index is 0.521. The molecule has 1 atom stereocenters. The molecule has 0 bridgehead atoms. The average Bonchev–Trinajstić information content (AvgIpc) is 3.02. The lowest BCUT2D eigenvalue weighted by Gasteiger charge is -2.10. The number of rotatable bonds is 3. The van der Waals surface area contributed by atoms with Gasteiger partial charge in [-0.3, -0.25) is 0 Å². The minimum Gasteiger partial charge on any atom is -0.384 e. The monoisotopic (exact) mass is 248 g/mol. The Labute approximate surface area is 104 Å². The second-order valence-electron chi connectivity index (χ2n) is 4.44. The van der Waals surface area contributed by atoms with Crippen molar-refractivity contribution in [1.82, 2.24) is 15.1 Å². The van der Waals surface area contributed by atoms with Crippen LogP contribution in [0.3, 0.4) is 0 Å². The van der Waals surface area contributed by atoms with E-state index in [0.717, 1.165) is 30.2 Å². The molecular formula is C12H16N4S. The molecule has 0 unspecified atom stereocenters. The molecule has 1 aliphatic heterocycles. The Bertz CT molecular complexity index is 483. The Hall–Kier alpha value is -1.33. The molecule has 90 valence electrons. The van der Waals surface area contributed by atoms with Crippen molar-refractivity contribution in [3.05, 3.63) is 22.9 Å². The Morgan fingerprint density at radius 2 is 2.53 bits per heavy atom. The molecule has 1 saturated heterocycles. The number of aromatic nitrogens is 2. The molecule has 3 rings (SSSR count). The van der Waals surface area contributed by atoms with E-state index >= 15 is 0 Å². The van der Waals surface area contributed by atoms with E-state index in [1.54, 1.807) is 11.3 Å². The van der Waals surface area contributed by atoms with Crippen molar-refractivity contribution in [2.45, 2.75) is 25.4 Å². The van der Waals surface area contributed by atoms with Crippen molar-refractivity contribution in [1.29, 1.82) is 0 Å². The zero-order valence-electron chi connectivity index (χ0n) is 9.60. The third kappa shape index (κ3) is 2.21. The standard InChI is InChI=1S/C12H16N4S/c13-12-6-11(9-3-5-17-8-9)15-16(12)7-10-2-1-4-14-10/h3,5-6,8,10,14H,1-2,4,7,13H2/t10-/m0/s1. The van der Waals surface area contributed by atoms with Crippen molar-refractivity contribution in [2.24, 2.45) is 0 Å². The van der Waals surface area contributed by atoms with E-state index in [9.17, 15) is 0 Å². The van der Waals surface area contributed by atoms with Gasteiger partial charge in [-0.1, -0.05) is 0 Å². The summed E-state index contributed by atoms with van der Waals surface area (Å²) in [5.41, 5.74) is 8.13. The summed E-state index contributed by atoms with van der Waals surface area (Å²) in [5.74, 6) is 0.750. The Morgan fingerprint density at radius 1 is 1.59 bits per heavy atom. The van der Waals surface area contributed by atoms with Gasteiger partial charge in [0.1, 0.15) is 5.82 Å². The molecule has 0 radical (unpaired) electrons. The molecule has 4 nitrogen and oxygen atoms in total. The SMILES string of the molecule is Nc1cc(-c2ccsc2)nn1C[C@@H]1CCCN1. The van der Waals surface area contributed by atoms with Crippen LogP contribution in [0.25, 0.3) is 11.3 Å². The fourth-order valence-electron chi connectivity index (χ4n) is 2.25. The Balaban J connectivity index is 1.80. The third-order valence-corrected chi connectivity index (χ3v) is 3.87. The lowest BCUT2D eigenvalue weighted by atomic mass is 10.2. The topological polar surface area (TPSA) is 55.9 Å². The van der Waals surface area contributed by atoms with E-state index in [1.165, 1.54) is 12.8 Å². The summed E-state index contributed by atoms with van der Waals surface area (Å²) in [6, 6.07) is 4.55. The summed E-state index contributed by atoms with van der Waals surface area (Å²) in [6.45, 7) is 1.99. The first-order valence-electron chi connectivity index (χ1n) is 5.92. The van der Waals surface area contributed by atoms with Gasteiger partial charge in [-0.2, -0.15) is 16.4 Å². The van der Waals surface area contributed by atoms with Crippen molar-refractivity contribution < 1.29 is 0 Å². The van der Waals surface area contributed by atoms with E-state index in [1.807, 2.05) is 10.7 Å². The summed E-state index contributed by atoms with van der Waals surface area (Å²) in [7, 11) is 0. The maximum Gasteiger partial charge on any atom is 0.122 e. The molecule has 0 spiro atoms. The highest BCUT2D eigenvalue weighted by Crippen LogP contribution is 2.23. The molecule has 0 aromatic carbocycles. The minimum absolute atomic E-state index is 0.521. The van der Waals surface area contributed by atoms with Gasteiger partial charge in [-0.25, -0.2) is 4.68 Å². The Kier molecular flexibility index (Phi) is 2.86. The van der Waals surface area contributed by atoms with E-state index < -0.39 is 0 Å². The number of hydrogen-bond donors (Lipinski definition) is 2. The molecular weight excluding hydrogens is 232 g/mol. The van der Waals surface area contributed by atoms with Crippen LogP contribution >= 0.6 is 11.3 Å². The number of hydrogen-bond acceptors (Lipinski definition) is 4. The van der Waals surface area contributed by atoms with Crippen LogP contribution in [0.15, 0.2) is 22.9 Å². The third-order valence-electron chi connectivity index (χ3n) is 3.18. The van der Waals surface area contributed by atoms with Gasteiger partial charge in [0.05, 0.1) is 12.2 Å². The predicted octanol–water partition coefficient (Wildman–Crippen LogP) is 1.95. The van der Waals surface area contributed by atoms with E-state index in [4.69, 9.17) is 5.73 Å². The first-order valence-corrected chi connectivity index (χ1v) is 6.86. The number of anilines is 1. The van der Waals surface area contributed by atoms with Crippen molar-refractivity contribution in [3.63, 3.8) is 0 Å². The molecule has 17 heavy (non-hydrogen) atoms. The lowest BCUT2D eigenvalue weighted by Crippen LogP contribution is -2.27. The highest BCUT2D eigenvalue weighted by atomic mass is 32.1. The molecule has 0 amide bonds. The number of nitrogens with two attached hydrogens (primary N) is 1. The molecule has 0 saturated carbocycles. The van der Waals surface area contributed by atoms with Gasteiger partial charge in [0.25, 0.3) is 0 Å². The van der Waals surface area contributed by atoms with Crippen LogP contribution < -0.4 is 11.1 Å².